The van der Waals surface area contributed by atoms with E-state index in [1.165, 1.54) is 0 Å². The Balaban J connectivity index is 1.51. The molecule has 1 unspecified atom stereocenters. The Labute approximate surface area is 180 Å². The first kappa shape index (κ1) is 20.6. The molecule has 1 atom stereocenters. The predicted octanol–water partition coefficient (Wildman–Crippen LogP) is 5.90. The van der Waals surface area contributed by atoms with Crippen LogP contribution in [-0.2, 0) is 10.3 Å². The van der Waals surface area contributed by atoms with Crippen LogP contribution in [0.15, 0.2) is 30.3 Å². The topological polar surface area (TPSA) is 47.6 Å². The number of hydrogen-bond donors (Lipinski definition) is 1. The summed E-state index contributed by atoms with van der Waals surface area (Å²) in [6.45, 7) is 2.19. The van der Waals surface area contributed by atoms with E-state index in [0.717, 1.165) is 19.9 Å². The van der Waals surface area contributed by atoms with Crippen molar-refractivity contribution in [2.75, 3.05) is 6.61 Å². The summed E-state index contributed by atoms with van der Waals surface area (Å²) in [6.07, 6.45) is -3.66. The van der Waals surface area contributed by atoms with Gasteiger partial charge in [-0.3, -0.25) is 0 Å². The van der Waals surface area contributed by atoms with Crippen molar-refractivity contribution in [2.45, 2.75) is 50.4 Å². The highest BCUT2D eigenvalue weighted by Crippen LogP contribution is 2.40. The lowest BCUT2D eigenvalue weighted by atomic mass is 9.87. The van der Waals surface area contributed by atoms with Crippen LogP contribution in [0.2, 0.25) is 0 Å². The van der Waals surface area contributed by atoms with Crippen molar-refractivity contribution < 1.29 is 27.4 Å². The van der Waals surface area contributed by atoms with Gasteiger partial charge in [0.25, 0.3) is 0 Å². The standard InChI is InChI=1S/C21H21F3INO3/c1-20(11-28-19(27)26-20)14-5-8-16-12(10-14)2-9-17(18(16)25)29-15-6-3-13(4-7-15)21(22,23)24/h2,5,8-10,13,15H,3-4,6-7,11H2,1H3,(H,26,27). The molecular weight excluding hydrogens is 498 g/mol. The van der Waals surface area contributed by atoms with Gasteiger partial charge in [0.2, 0.25) is 0 Å². The fourth-order valence-corrected chi connectivity index (χ4v) is 4.85. The first-order valence-electron chi connectivity index (χ1n) is 9.57. The Morgan fingerprint density at radius 1 is 1.17 bits per heavy atom. The van der Waals surface area contributed by atoms with Crippen molar-refractivity contribution in [3.05, 3.63) is 39.5 Å². The van der Waals surface area contributed by atoms with Gasteiger partial charge >= 0.3 is 12.3 Å². The van der Waals surface area contributed by atoms with Gasteiger partial charge in [-0.25, -0.2) is 4.79 Å². The number of halogens is 4. The number of cyclic esters (lactones) is 1. The third-order valence-electron chi connectivity index (χ3n) is 5.86. The zero-order valence-corrected chi connectivity index (χ0v) is 18.0. The third kappa shape index (κ3) is 4.13. The highest BCUT2D eigenvalue weighted by Gasteiger charge is 2.42. The largest absolute Gasteiger partial charge is 0.489 e. The lowest BCUT2D eigenvalue weighted by molar-refractivity contribution is -0.185. The number of alkyl carbamates (subject to hydrolysis) is 1. The molecule has 1 aliphatic heterocycles. The van der Waals surface area contributed by atoms with Crippen LogP contribution in [-0.4, -0.2) is 25.0 Å². The molecule has 2 aromatic rings. The van der Waals surface area contributed by atoms with Crippen LogP contribution in [0.3, 0.4) is 0 Å². The van der Waals surface area contributed by atoms with Crippen molar-refractivity contribution in [2.24, 2.45) is 5.92 Å². The summed E-state index contributed by atoms with van der Waals surface area (Å²) in [5.41, 5.74) is 0.383. The van der Waals surface area contributed by atoms with E-state index in [1.807, 2.05) is 37.3 Å². The van der Waals surface area contributed by atoms with Crippen molar-refractivity contribution in [1.29, 1.82) is 0 Å². The third-order valence-corrected chi connectivity index (χ3v) is 6.97. The zero-order valence-electron chi connectivity index (χ0n) is 15.8. The van der Waals surface area contributed by atoms with Gasteiger partial charge in [-0.05, 0) is 83.7 Å². The molecule has 4 rings (SSSR count). The van der Waals surface area contributed by atoms with Crippen LogP contribution < -0.4 is 10.1 Å². The van der Waals surface area contributed by atoms with Crippen LogP contribution in [0.25, 0.3) is 10.8 Å². The van der Waals surface area contributed by atoms with Crippen LogP contribution in [0.5, 0.6) is 5.75 Å². The fourth-order valence-electron chi connectivity index (χ4n) is 4.06. The number of fused-ring (bicyclic) bond motifs is 1. The molecule has 156 valence electrons. The minimum Gasteiger partial charge on any atom is -0.489 e. The van der Waals surface area contributed by atoms with Gasteiger partial charge in [-0.15, -0.1) is 0 Å². The molecule has 8 heteroatoms. The van der Waals surface area contributed by atoms with Crippen molar-refractivity contribution in [1.82, 2.24) is 5.32 Å². The van der Waals surface area contributed by atoms with Crippen LogP contribution in [0, 0.1) is 9.49 Å². The number of benzene rings is 2. The lowest BCUT2D eigenvalue weighted by Crippen LogP contribution is -2.37. The first-order valence-corrected chi connectivity index (χ1v) is 10.6. The van der Waals surface area contributed by atoms with E-state index in [4.69, 9.17) is 9.47 Å². The summed E-state index contributed by atoms with van der Waals surface area (Å²) in [4.78, 5) is 11.4. The summed E-state index contributed by atoms with van der Waals surface area (Å²) in [6, 6.07) is 9.77. The highest BCUT2D eigenvalue weighted by atomic mass is 127. The second-order valence-corrected chi connectivity index (χ2v) is 9.06. The minimum absolute atomic E-state index is 0.119. The number of alkyl halides is 3. The molecule has 0 bridgehead atoms. The molecule has 2 fully saturated rings. The Kier molecular flexibility index (Phi) is 5.33. The predicted molar refractivity (Wildman–Crippen MR) is 111 cm³/mol. The minimum atomic E-state index is -4.11. The average Bonchev–Trinajstić information content (AvgIpc) is 3.03. The summed E-state index contributed by atoms with van der Waals surface area (Å²) in [7, 11) is 0. The van der Waals surface area contributed by atoms with Gasteiger partial charge in [0.1, 0.15) is 12.4 Å². The first-order chi connectivity index (χ1) is 13.7. The van der Waals surface area contributed by atoms with Gasteiger partial charge < -0.3 is 14.8 Å². The smallest absolute Gasteiger partial charge is 0.408 e. The normalized spacial score (nSPS) is 27.6. The number of hydrogen-bond acceptors (Lipinski definition) is 3. The highest BCUT2D eigenvalue weighted by molar-refractivity contribution is 14.1. The van der Waals surface area contributed by atoms with E-state index >= 15 is 0 Å². The molecule has 1 N–H and O–H groups in total. The summed E-state index contributed by atoms with van der Waals surface area (Å²) >= 11 is 2.22. The Bertz CT molecular complexity index is 941. The monoisotopic (exact) mass is 519 g/mol. The van der Waals surface area contributed by atoms with Gasteiger partial charge in [0.05, 0.1) is 21.1 Å². The second kappa shape index (κ2) is 7.52. The number of rotatable bonds is 3. The van der Waals surface area contributed by atoms with E-state index in [0.29, 0.717) is 18.6 Å². The molecule has 2 aliphatic rings. The van der Waals surface area contributed by atoms with E-state index in [9.17, 15) is 18.0 Å². The molecule has 0 aromatic heterocycles. The average molecular weight is 519 g/mol. The van der Waals surface area contributed by atoms with Crippen LogP contribution >= 0.6 is 22.6 Å². The number of nitrogens with one attached hydrogen (secondary N) is 1. The molecule has 1 saturated carbocycles. The zero-order chi connectivity index (χ0) is 20.8. The maximum absolute atomic E-state index is 12.9. The molecule has 0 spiro atoms. The molecular formula is C21H21F3INO3. The quantitative estimate of drug-likeness (QED) is 0.514. The van der Waals surface area contributed by atoms with E-state index in [1.54, 1.807) is 0 Å². The Morgan fingerprint density at radius 3 is 2.52 bits per heavy atom. The number of carbonyl (C=O) groups excluding carboxylic acids is 1. The molecule has 1 heterocycles. The summed E-state index contributed by atoms with van der Waals surface area (Å²) in [5.74, 6) is -0.511. The summed E-state index contributed by atoms with van der Waals surface area (Å²) in [5, 5.41) is 4.84. The van der Waals surface area contributed by atoms with E-state index in [-0.39, 0.29) is 25.6 Å². The summed E-state index contributed by atoms with van der Waals surface area (Å²) < 4.78 is 50.6. The Hall–Kier alpha value is -1.71. The molecule has 0 radical (unpaired) electrons. The maximum Gasteiger partial charge on any atom is 0.408 e. The van der Waals surface area contributed by atoms with Gasteiger partial charge in [-0.2, -0.15) is 13.2 Å². The van der Waals surface area contributed by atoms with Crippen molar-refractivity contribution in [3.63, 3.8) is 0 Å². The maximum atomic E-state index is 12.9. The molecule has 2 aromatic carbocycles. The van der Waals surface area contributed by atoms with Crippen molar-refractivity contribution >= 4 is 39.5 Å². The SMILES string of the molecule is CC1(c2ccc3c(I)c(OC4CCC(C(F)(F)F)CC4)ccc3c2)COC(=O)N1. The number of ether oxygens (including phenoxy) is 2. The van der Waals surface area contributed by atoms with Crippen LogP contribution in [0.1, 0.15) is 38.2 Å². The molecule has 4 nitrogen and oxygen atoms in total. The fraction of sp³-hybridized carbons (Fsp3) is 0.476. The van der Waals surface area contributed by atoms with Gasteiger partial charge in [-0.1, -0.05) is 18.2 Å². The molecule has 1 saturated heterocycles. The van der Waals surface area contributed by atoms with Crippen LogP contribution in [0.4, 0.5) is 18.0 Å². The van der Waals surface area contributed by atoms with E-state index < -0.39 is 23.7 Å². The van der Waals surface area contributed by atoms with Gasteiger partial charge in [0, 0.05) is 0 Å². The van der Waals surface area contributed by atoms with Gasteiger partial charge in [0.15, 0.2) is 0 Å². The molecule has 1 aliphatic carbocycles. The number of amides is 1. The lowest BCUT2D eigenvalue weighted by Gasteiger charge is -2.30. The molecule has 1 amide bonds. The van der Waals surface area contributed by atoms with Crippen molar-refractivity contribution in [3.8, 4) is 5.75 Å². The number of carbonyl (C=O) groups is 1. The second-order valence-electron chi connectivity index (χ2n) is 7.98. The van der Waals surface area contributed by atoms with E-state index in [2.05, 4.69) is 27.9 Å². The molecule has 29 heavy (non-hydrogen) atoms. The Morgan fingerprint density at radius 2 is 1.90 bits per heavy atom.